The topological polar surface area (TPSA) is 44.5 Å². The van der Waals surface area contributed by atoms with E-state index in [0.29, 0.717) is 6.61 Å². The summed E-state index contributed by atoms with van der Waals surface area (Å²) in [5, 5.41) is 0. The van der Waals surface area contributed by atoms with Crippen molar-refractivity contribution < 1.29 is 9.47 Å². The number of hydrogen-bond donors (Lipinski definition) is 1. The lowest BCUT2D eigenvalue weighted by molar-refractivity contribution is 0.321. The molecule has 2 N–H and O–H groups in total. The molecule has 0 spiro atoms. The summed E-state index contributed by atoms with van der Waals surface area (Å²) in [5.74, 6) is 2.34. The van der Waals surface area contributed by atoms with Crippen LogP contribution in [0.25, 0.3) is 0 Å². The zero-order valence-electron chi connectivity index (χ0n) is 12.9. The van der Waals surface area contributed by atoms with Crippen molar-refractivity contribution in [2.24, 2.45) is 5.73 Å². The quantitative estimate of drug-likeness (QED) is 0.870. The fourth-order valence-corrected chi connectivity index (χ4v) is 2.25. The van der Waals surface area contributed by atoms with Crippen LogP contribution in [0.3, 0.4) is 0 Å². The minimum absolute atomic E-state index is 0.162. The molecule has 1 unspecified atom stereocenters. The zero-order chi connectivity index (χ0) is 15.2. The van der Waals surface area contributed by atoms with Crippen LogP contribution in [0.2, 0.25) is 0 Å². The molecule has 0 aliphatic rings. The van der Waals surface area contributed by atoms with Crippen molar-refractivity contribution >= 4 is 0 Å². The van der Waals surface area contributed by atoms with Crippen LogP contribution in [0, 0.1) is 6.92 Å². The number of nitrogens with two attached hydrogens (primary N) is 1. The highest BCUT2D eigenvalue weighted by molar-refractivity contribution is 5.45. The van der Waals surface area contributed by atoms with Gasteiger partial charge in [0.25, 0.3) is 0 Å². The molecule has 0 amide bonds. The first kappa shape index (κ1) is 15.4. The van der Waals surface area contributed by atoms with E-state index < -0.39 is 0 Å². The highest BCUT2D eigenvalue weighted by Gasteiger charge is 2.08. The van der Waals surface area contributed by atoms with Crippen molar-refractivity contribution in [3.63, 3.8) is 0 Å². The monoisotopic (exact) mass is 285 g/mol. The summed E-state index contributed by atoms with van der Waals surface area (Å²) in [6.07, 6.45) is 0.872. The molecule has 2 aromatic carbocycles. The lowest BCUT2D eigenvalue weighted by Crippen LogP contribution is -2.17. The second kappa shape index (κ2) is 7.14. The lowest BCUT2D eigenvalue weighted by atomic mass is 10.0. The van der Waals surface area contributed by atoms with E-state index in [1.807, 2.05) is 51.1 Å². The molecular weight excluding hydrogens is 262 g/mol. The fourth-order valence-electron chi connectivity index (χ4n) is 2.25. The Morgan fingerprint density at radius 1 is 1.05 bits per heavy atom. The van der Waals surface area contributed by atoms with Gasteiger partial charge in [0.15, 0.2) is 11.5 Å². The van der Waals surface area contributed by atoms with Crippen LogP contribution in [0.5, 0.6) is 17.2 Å². The molecule has 0 aliphatic carbocycles. The van der Waals surface area contributed by atoms with Gasteiger partial charge in [-0.2, -0.15) is 0 Å². The Hall–Kier alpha value is -2.00. The molecule has 1 atom stereocenters. The van der Waals surface area contributed by atoms with Gasteiger partial charge >= 0.3 is 0 Å². The average molecular weight is 285 g/mol. The van der Waals surface area contributed by atoms with E-state index in [1.165, 1.54) is 5.56 Å². The summed E-state index contributed by atoms with van der Waals surface area (Å²) in [7, 11) is 0. The molecule has 3 nitrogen and oxygen atoms in total. The number of para-hydroxylation sites is 2. The second-order valence-corrected chi connectivity index (χ2v) is 5.26. The predicted molar refractivity (Wildman–Crippen MR) is 86.2 cm³/mol. The maximum atomic E-state index is 6.00. The van der Waals surface area contributed by atoms with Gasteiger partial charge in [-0.25, -0.2) is 0 Å². The van der Waals surface area contributed by atoms with E-state index in [9.17, 15) is 0 Å². The van der Waals surface area contributed by atoms with Crippen LogP contribution in [-0.2, 0) is 6.42 Å². The van der Waals surface area contributed by atoms with Crippen molar-refractivity contribution in [1.82, 2.24) is 0 Å². The molecule has 2 aromatic rings. The van der Waals surface area contributed by atoms with Gasteiger partial charge in [-0.3, -0.25) is 0 Å². The standard InChI is InChI=1S/C18H23NO2/c1-4-20-17-7-5-6-8-18(17)21-16-10-9-15(11-13(16)2)12-14(3)19/h5-11,14H,4,12,19H2,1-3H3. The molecule has 21 heavy (non-hydrogen) atoms. The Bertz CT molecular complexity index is 594. The Labute approximate surface area is 126 Å². The first-order valence-corrected chi connectivity index (χ1v) is 7.35. The molecule has 0 bridgehead atoms. The van der Waals surface area contributed by atoms with Crippen molar-refractivity contribution in [2.75, 3.05) is 6.61 Å². The molecular formula is C18H23NO2. The zero-order valence-corrected chi connectivity index (χ0v) is 12.9. The first-order valence-electron chi connectivity index (χ1n) is 7.35. The van der Waals surface area contributed by atoms with Gasteiger partial charge in [0, 0.05) is 6.04 Å². The van der Waals surface area contributed by atoms with Gasteiger partial charge in [-0.1, -0.05) is 24.3 Å². The largest absolute Gasteiger partial charge is 0.490 e. The van der Waals surface area contributed by atoms with Crippen LogP contribution in [-0.4, -0.2) is 12.6 Å². The van der Waals surface area contributed by atoms with Gasteiger partial charge in [0.2, 0.25) is 0 Å². The molecule has 0 fully saturated rings. The minimum atomic E-state index is 0.162. The van der Waals surface area contributed by atoms with E-state index >= 15 is 0 Å². The predicted octanol–water partition coefficient (Wildman–Crippen LogP) is 4.08. The lowest BCUT2D eigenvalue weighted by Gasteiger charge is -2.14. The van der Waals surface area contributed by atoms with Crippen molar-refractivity contribution in [1.29, 1.82) is 0 Å². The molecule has 2 rings (SSSR count). The third-order valence-corrected chi connectivity index (χ3v) is 3.17. The normalized spacial score (nSPS) is 12.0. The molecule has 112 valence electrons. The summed E-state index contributed by atoms with van der Waals surface area (Å²) in [4.78, 5) is 0. The van der Waals surface area contributed by atoms with Crippen molar-refractivity contribution in [2.45, 2.75) is 33.2 Å². The number of ether oxygens (including phenoxy) is 2. The summed E-state index contributed by atoms with van der Waals surface area (Å²) in [5.41, 5.74) is 8.17. The fraction of sp³-hybridized carbons (Fsp3) is 0.333. The molecule has 0 aromatic heterocycles. The third kappa shape index (κ3) is 4.23. The van der Waals surface area contributed by atoms with Gasteiger partial charge in [0.1, 0.15) is 5.75 Å². The van der Waals surface area contributed by atoms with Gasteiger partial charge in [0.05, 0.1) is 6.61 Å². The number of benzene rings is 2. The summed E-state index contributed by atoms with van der Waals surface area (Å²) < 4.78 is 11.6. The molecule has 3 heteroatoms. The minimum Gasteiger partial charge on any atom is -0.490 e. The van der Waals surface area contributed by atoms with Crippen molar-refractivity contribution in [3.8, 4) is 17.2 Å². The third-order valence-electron chi connectivity index (χ3n) is 3.17. The van der Waals surface area contributed by atoms with E-state index in [-0.39, 0.29) is 6.04 Å². The SMILES string of the molecule is CCOc1ccccc1Oc1ccc(CC(C)N)cc1C. The number of rotatable bonds is 6. The Kier molecular flexibility index (Phi) is 5.23. The average Bonchev–Trinajstić information content (AvgIpc) is 2.43. The van der Waals surface area contributed by atoms with Crippen LogP contribution >= 0.6 is 0 Å². The van der Waals surface area contributed by atoms with Crippen molar-refractivity contribution in [3.05, 3.63) is 53.6 Å². The van der Waals surface area contributed by atoms with Crippen LogP contribution in [0.4, 0.5) is 0 Å². The Balaban J connectivity index is 2.20. The van der Waals surface area contributed by atoms with Gasteiger partial charge in [-0.05, 0) is 56.5 Å². The van der Waals surface area contributed by atoms with E-state index in [1.54, 1.807) is 0 Å². The summed E-state index contributed by atoms with van der Waals surface area (Å²) in [6.45, 7) is 6.64. The molecule has 0 radical (unpaired) electrons. The van der Waals surface area contributed by atoms with E-state index in [4.69, 9.17) is 15.2 Å². The van der Waals surface area contributed by atoms with Crippen LogP contribution in [0.15, 0.2) is 42.5 Å². The molecule has 0 saturated heterocycles. The Morgan fingerprint density at radius 3 is 2.38 bits per heavy atom. The second-order valence-electron chi connectivity index (χ2n) is 5.26. The number of hydrogen-bond acceptors (Lipinski definition) is 3. The smallest absolute Gasteiger partial charge is 0.169 e. The highest BCUT2D eigenvalue weighted by atomic mass is 16.5. The van der Waals surface area contributed by atoms with Gasteiger partial charge in [-0.15, -0.1) is 0 Å². The maximum absolute atomic E-state index is 6.00. The van der Waals surface area contributed by atoms with Gasteiger partial charge < -0.3 is 15.2 Å². The molecule has 0 heterocycles. The number of aryl methyl sites for hydroxylation is 1. The van der Waals surface area contributed by atoms with Crippen LogP contribution in [0.1, 0.15) is 25.0 Å². The van der Waals surface area contributed by atoms with E-state index in [2.05, 4.69) is 12.1 Å². The summed E-state index contributed by atoms with van der Waals surface area (Å²) >= 11 is 0. The molecule has 0 aliphatic heterocycles. The highest BCUT2D eigenvalue weighted by Crippen LogP contribution is 2.33. The first-order chi connectivity index (χ1) is 10.1. The van der Waals surface area contributed by atoms with Crippen LogP contribution < -0.4 is 15.2 Å². The maximum Gasteiger partial charge on any atom is 0.169 e. The van der Waals surface area contributed by atoms with E-state index in [0.717, 1.165) is 29.2 Å². The summed E-state index contributed by atoms with van der Waals surface area (Å²) in [6, 6.07) is 14.1. The Morgan fingerprint density at radius 2 is 1.76 bits per heavy atom. The molecule has 0 saturated carbocycles.